The molecule has 0 saturated heterocycles. The highest BCUT2D eigenvalue weighted by atomic mass is 127. The molecule has 0 aliphatic carbocycles. The molecule has 1 aromatic heterocycles. The van der Waals surface area contributed by atoms with Gasteiger partial charge in [0.05, 0.1) is 11.7 Å². The Balaban J connectivity index is 1.89. The highest BCUT2D eigenvalue weighted by molar-refractivity contribution is 14.1. The number of nitrogens with one attached hydrogen (secondary N) is 1. The standard InChI is InChI=1S/C19H16IN5O3/c1-10-15(8-5-13(9-21)16(10)20)22-17(11(2)26)19-24-23-18(28-19)12-3-6-14(25-27)7-4-12/h3-8,11,17,22,26H,1-2H3/t11-,17-/m1/s1. The zero-order valence-corrected chi connectivity index (χ0v) is 17.2. The predicted molar refractivity (Wildman–Crippen MR) is 112 cm³/mol. The van der Waals surface area contributed by atoms with Gasteiger partial charge in [0.1, 0.15) is 17.8 Å². The van der Waals surface area contributed by atoms with Crippen LogP contribution in [0.5, 0.6) is 0 Å². The Morgan fingerprint density at radius 2 is 1.96 bits per heavy atom. The maximum atomic E-state index is 10.5. The first kappa shape index (κ1) is 19.9. The van der Waals surface area contributed by atoms with Crippen LogP contribution in [0.2, 0.25) is 0 Å². The zero-order valence-electron chi connectivity index (χ0n) is 15.0. The summed E-state index contributed by atoms with van der Waals surface area (Å²) >= 11 is 2.12. The van der Waals surface area contributed by atoms with Crippen molar-refractivity contribution in [1.29, 1.82) is 5.26 Å². The van der Waals surface area contributed by atoms with E-state index < -0.39 is 12.1 Å². The van der Waals surface area contributed by atoms with Gasteiger partial charge in [-0.1, -0.05) is 0 Å². The minimum absolute atomic E-state index is 0.223. The molecule has 2 atom stereocenters. The molecule has 3 rings (SSSR count). The first-order valence-corrected chi connectivity index (χ1v) is 9.43. The lowest BCUT2D eigenvalue weighted by molar-refractivity contribution is 0.159. The second kappa shape index (κ2) is 8.45. The maximum Gasteiger partial charge on any atom is 0.247 e. The number of nitroso groups, excluding NO2 is 1. The molecule has 0 bridgehead atoms. The van der Waals surface area contributed by atoms with Crippen molar-refractivity contribution in [2.75, 3.05) is 5.32 Å². The van der Waals surface area contributed by atoms with E-state index in [0.29, 0.717) is 16.8 Å². The van der Waals surface area contributed by atoms with Crippen LogP contribution in [0.3, 0.4) is 0 Å². The van der Waals surface area contributed by atoms with Crippen molar-refractivity contribution >= 4 is 34.0 Å². The number of halogens is 1. The van der Waals surface area contributed by atoms with Gasteiger partial charge in [0, 0.05) is 14.8 Å². The summed E-state index contributed by atoms with van der Waals surface area (Å²) in [5.74, 6) is 0.493. The lowest BCUT2D eigenvalue weighted by Gasteiger charge is -2.21. The van der Waals surface area contributed by atoms with E-state index in [4.69, 9.17) is 9.68 Å². The van der Waals surface area contributed by atoms with Crippen molar-refractivity contribution < 1.29 is 9.52 Å². The molecule has 3 aromatic rings. The normalized spacial score (nSPS) is 12.8. The summed E-state index contributed by atoms with van der Waals surface area (Å²) in [5.41, 5.74) is 3.18. The Morgan fingerprint density at radius 3 is 2.57 bits per heavy atom. The summed E-state index contributed by atoms with van der Waals surface area (Å²) in [4.78, 5) is 10.5. The summed E-state index contributed by atoms with van der Waals surface area (Å²) in [6.07, 6.45) is -0.817. The van der Waals surface area contributed by atoms with Crippen molar-refractivity contribution in [3.8, 4) is 17.5 Å². The lowest BCUT2D eigenvalue weighted by Crippen LogP contribution is -2.23. The molecule has 0 fully saturated rings. The van der Waals surface area contributed by atoms with Gasteiger partial charge >= 0.3 is 0 Å². The molecule has 0 unspecified atom stereocenters. The molecule has 0 amide bonds. The van der Waals surface area contributed by atoms with Crippen LogP contribution in [0, 0.1) is 26.7 Å². The number of aromatic nitrogens is 2. The molecule has 0 aliphatic rings. The molecule has 0 radical (unpaired) electrons. The number of rotatable bonds is 6. The van der Waals surface area contributed by atoms with Crippen LogP contribution in [-0.2, 0) is 0 Å². The third-order valence-electron chi connectivity index (χ3n) is 4.23. The zero-order chi connectivity index (χ0) is 20.3. The van der Waals surface area contributed by atoms with Crippen molar-refractivity contribution in [2.45, 2.75) is 26.0 Å². The van der Waals surface area contributed by atoms with Crippen LogP contribution in [0.15, 0.2) is 46.0 Å². The van der Waals surface area contributed by atoms with Gasteiger partial charge in [-0.3, -0.25) is 0 Å². The number of hydrogen-bond donors (Lipinski definition) is 2. The third-order valence-corrected chi connectivity index (χ3v) is 5.62. The number of anilines is 1. The largest absolute Gasteiger partial charge is 0.418 e. The fraction of sp³-hybridized carbons (Fsp3) is 0.211. The average Bonchev–Trinajstić information content (AvgIpc) is 3.18. The van der Waals surface area contributed by atoms with E-state index >= 15 is 0 Å². The van der Waals surface area contributed by atoms with Crippen LogP contribution in [-0.4, -0.2) is 21.4 Å². The van der Waals surface area contributed by atoms with E-state index in [2.05, 4.69) is 49.4 Å². The van der Waals surface area contributed by atoms with Crippen LogP contribution in [0.1, 0.15) is 30.0 Å². The van der Waals surface area contributed by atoms with Gasteiger partial charge in [0.15, 0.2) is 0 Å². The van der Waals surface area contributed by atoms with Gasteiger partial charge in [-0.05, 0) is 83.6 Å². The van der Waals surface area contributed by atoms with Crippen molar-refractivity contribution in [3.05, 3.63) is 61.9 Å². The Bertz CT molecular complexity index is 1040. The molecule has 1 heterocycles. The molecule has 9 heteroatoms. The lowest BCUT2D eigenvalue weighted by atomic mass is 10.1. The van der Waals surface area contributed by atoms with Crippen molar-refractivity contribution in [1.82, 2.24) is 10.2 Å². The first-order chi connectivity index (χ1) is 13.4. The molecule has 142 valence electrons. The quantitative estimate of drug-likeness (QED) is 0.387. The second-order valence-electron chi connectivity index (χ2n) is 6.16. The SMILES string of the molecule is Cc1c(N[C@@H](c2nnc(-c3ccc(N=O)cc3)o2)[C@@H](C)O)ccc(C#N)c1I. The van der Waals surface area contributed by atoms with E-state index in [1.54, 1.807) is 43.3 Å². The molecule has 0 saturated carbocycles. The van der Waals surface area contributed by atoms with Gasteiger partial charge in [0.2, 0.25) is 11.8 Å². The Kier molecular flexibility index (Phi) is 6.01. The van der Waals surface area contributed by atoms with Gasteiger partial charge < -0.3 is 14.8 Å². The molecule has 2 aromatic carbocycles. The number of aliphatic hydroxyl groups excluding tert-OH is 1. The highest BCUT2D eigenvalue weighted by Crippen LogP contribution is 2.30. The topological polar surface area (TPSA) is 124 Å². The van der Waals surface area contributed by atoms with E-state index in [1.165, 1.54) is 0 Å². The van der Waals surface area contributed by atoms with E-state index in [1.807, 2.05) is 6.92 Å². The summed E-state index contributed by atoms with van der Waals surface area (Å²) in [7, 11) is 0. The van der Waals surface area contributed by atoms with E-state index in [0.717, 1.165) is 14.8 Å². The Morgan fingerprint density at radius 1 is 1.25 bits per heavy atom. The number of benzene rings is 2. The minimum Gasteiger partial charge on any atom is -0.418 e. The van der Waals surface area contributed by atoms with Crippen molar-refractivity contribution in [3.63, 3.8) is 0 Å². The van der Waals surface area contributed by atoms with Gasteiger partial charge in [-0.25, -0.2) is 0 Å². The minimum atomic E-state index is -0.817. The van der Waals surface area contributed by atoms with Gasteiger partial charge in [-0.15, -0.1) is 15.1 Å². The molecule has 28 heavy (non-hydrogen) atoms. The summed E-state index contributed by atoms with van der Waals surface area (Å²) < 4.78 is 6.58. The Labute approximate surface area is 174 Å². The predicted octanol–water partition coefficient (Wildman–Crippen LogP) is 4.45. The number of aliphatic hydroxyl groups is 1. The summed E-state index contributed by atoms with van der Waals surface area (Å²) in [6, 6.07) is 11.4. The fourth-order valence-electron chi connectivity index (χ4n) is 2.63. The number of nitriles is 1. The molecule has 0 spiro atoms. The third kappa shape index (κ3) is 4.02. The number of nitrogens with zero attached hydrogens (tertiary/aromatic N) is 4. The molecular weight excluding hydrogens is 473 g/mol. The average molecular weight is 489 g/mol. The maximum absolute atomic E-state index is 10.5. The second-order valence-corrected chi connectivity index (χ2v) is 7.24. The van der Waals surface area contributed by atoms with E-state index in [9.17, 15) is 10.0 Å². The van der Waals surface area contributed by atoms with Crippen LogP contribution < -0.4 is 5.32 Å². The monoisotopic (exact) mass is 489 g/mol. The number of hydrogen-bond acceptors (Lipinski definition) is 8. The van der Waals surface area contributed by atoms with Crippen molar-refractivity contribution in [2.24, 2.45) is 5.18 Å². The summed E-state index contributed by atoms with van der Waals surface area (Å²) in [6.45, 7) is 3.52. The smallest absolute Gasteiger partial charge is 0.247 e. The molecule has 8 nitrogen and oxygen atoms in total. The van der Waals surface area contributed by atoms with Crippen LogP contribution >= 0.6 is 22.6 Å². The van der Waals surface area contributed by atoms with Crippen LogP contribution in [0.4, 0.5) is 11.4 Å². The molecule has 2 N–H and O–H groups in total. The first-order valence-electron chi connectivity index (χ1n) is 8.35. The molecular formula is C19H16IN5O3. The van der Waals surface area contributed by atoms with Gasteiger partial charge in [0.25, 0.3) is 0 Å². The van der Waals surface area contributed by atoms with Crippen LogP contribution in [0.25, 0.3) is 11.5 Å². The van der Waals surface area contributed by atoms with E-state index in [-0.39, 0.29) is 11.8 Å². The molecule has 0 aliphatic heterocycles. The fourth-order valence-corrected chi connectivity index (χ4v) is 3.22. The highest BCUT2D eigenvalue weighted by Gasteiger charge is 2.25. The Hall–Kier alpha value is -2.84. The summed E-state index contributed by atoms with van der Waals surface area (Å²) in [5, 5.41) is 33.6. The van der Waals surface area contributed by atoms with Gasteiger partial charge in [-0.2, -0.15) is 5.26 Å².